The van der Waals surface area contributed by atoms with Crippen molar-refractivity contribution in [2.75, 3.05) is 60.5 Å². The molecular weight excluding hydrogens is 358 g/mol. The van der Waals surface area contributed by atoms with Gasteiger partial charge in [0.1, 0.15) is 0 Å². The molecule has 0 atom stereocenters. The molecule has 0 amide bonds. The summed E-state index contributed by atoms with van der Waals surface area (Å²) in [4.78, 5) is 13.6. The third-order valence-electron chi connectivity index (χ3n) is 4.56. The first-order chi connectivity index (χ1) is 13.5. The van der Waals surface area contributed by atoms with Crippen LogP contribution >= 0.6 is 0 Å². The summed E-state index contributed by atoms with van der Waals surface area (Å²) in [6, 6.07) is 3.80. The number of likely N-dealkylation sites (N-methyl/N-ethyl adjacent to an activating group) is 2. The predicted molar refractivity (Wildman–Crippen MR) is 110 cm³/mol. The van der Waals surface area contributed by atoms with Crippen molar-refractivity contribution in [1.29, 1.82) is 0 Å². The highest BCUT2D eigenvalue weighted by molar-refractivity contribution is 5.73. The second-order valence-corrected chi connectivity index (χ2v) is 6.75. The SMILES string of the molecule is COc1cc(-c2cn3ccnc3c(N(C)CCN(C)C)n2)cc(OC)c1OC. The van der Waals surface area contributed by atoms with Gasteiger partial charge in [-0.15, -0.1) is 0 Å². The summed E-state index contributed by atoms with van der Waals surface area (Å²) in [5.74, 6) is 2.55. The number of fused-ring (bicyclic) bond motifs is 1. The minimum Gasteiger partial charge on any atom is -0.493 e. The molecule has 0 aliphatic carbocycles. The molecule has 2 aromatic heterocycles. The Kier molecular flexibility index (Phi) is 5.89. The van der Waals surface area contributed by atoms with Crippen molar-refractivity contribution in [1.82, 2.24) is 19.3 Å². The zero-order chi connectivity index (χ0) is 20.3. The number of aromatic nitrogens is 3. The van der Waals surface area contributed by atoms with Crippen LogP contribution in [0.4, 0.5) is 5.82 Å². The molecule has 0 N–H and O–H groups in total. The van der Waals surface area contributed by atoms with Crippen LogP contribution in [0.1, 0.15) is 0 Å². The Morgan fingerprint density at radius 2 is 1.64 bits per heavy atom. The van der Waals surface area contributed by atoms with E-state index < -0.39 is 0 Å². The van der Waals surface area contributed by atoms with E-state index in [-0.39, 0.29) is 0 Å². The molecule has 0 bridgehead atoms. The predicted octanol–water partition coefficient (Wildman–Crippen LogP) is 2.42. The highest BCUT2D eigenvalue weighted by Crippen LogP contribution is 2.41. The average Bonchev–Trinajstić information content (AvgIpc) is 3.18. The van der Waals surface area contributed by atoms with Gasteiger partial charge < -0.3 is 28.4 Å². The fraction of sp³-hybridized carbons (Fsp3) is 0.400. The van der Waals surface area contributed by atoms with E-state index in [0.717, 1.165) is 35.8 Å². The maximum atomic E-state index is 5.49. The van der Waals surface area contributed by atoms with Gasteiger partial charge in [-0.1, -0.05) is 0 Å². The Balaban J connectivity index is 2.11. The number of rotatable bonds is 8. The lowest BCUT2D eigenvalue weighted by atomic mass is 10.1. The number of ether oxygens (including phenoxy) is 3. The van der Waals surface area contributed by atoms with Crippen LogP contribution < -0.4 is 19.1 Å². The molecule has 0 aliphatic rings. The topological polar surface area (TPSA) is 64.4 Å². The van der Waals surface area contributed by atoms with E-state index in [0.29, 0.717) is 17.2 Å². The van der Waals surface area contributed by atoms with E-state index >= 15 is 0 Å². The molecule has 28 heavy (non-hydrogen) atoms. The molecule has 8 nitrogen and oxygen atoms in total. The molecule has 0 fully saturated rings. The summed E-state index contributed by atoms with van der Waals surface area (Å²) >= 11 is 0. The summed E-state index contributed by atoms with van der Waals surface area (Å²) in [5, 5.41) is 0. The summed E-state index contributed by atoms with van der Waals surface area (Å²) in [6.45, 7) is 1.75. The van der Waals surface area contributed by atoms with E-state index in [1.165, 1.54) is 0 Å². The molecule has 8 heteroatoms. The first-order valence-corrected chi connectivity index (χ1v) is 8.98. The number of benzene rings is 1. The fourth-order valence-electron chi connectivity index (χ4n) is 3.00. The maximum Gasteiger partial charge on any atom is 0.203 e. The van der Waals surface area contributed by atoms with E-state index in [1.807, 2.05) is 36.0 Å². The highest BCUT2D eigenvalue weighted by atomic mass is 16.5. The second kappa shape index (κ2) is 8.35. The molecule has 0 unspecified atom stereocenters. The quantitative estimate of drug-likeness (QED) is 0.590. The van der Waals surface area contributed by atoms with Gasteiger partial charge in [-0.25, -0.2) is 9.97 Å². The molecule has 0 spiro atoms. The molecular formula is C20H27N5O3. The molecule has 0 saturated heterocycles. The summed E-state index contributed by atoms with van der Waals surface area (Å²) in [6.07, 6.45) is 5.65. The number of imidazole rings is 1. The van der Waals surface area contributed by atoms with Crippen LogP contribution in [0, 0.1) is 0 Å². The van der Waals surface area contributed by atoms with Crippen molar-refractivity contribution in [2.45, 2.75) is 0 Å². The van der Waals surface area contributed by atoms with Gasteiger partial charge in [-0.2, -0.15) is 0 Å². The van der Waals surface area contributed by atoms with E-state index in [9.17, 15) is 0 Å². The third kappa shape index (κ3) is 3.82. The van der Waals surface area contributed by atoms with E-state index in [4.69, 9.17) is 19.2 Å². The molecule has 3 aromatic rings. The maximum absolute atomic E-state index is 5.49. The average molecular weight is 385 g/mol. The van der Waals surface area contributed by atoms with Gasteiger partial charge in [-0.05, 0) is 26.2 Å². The van der Waals surface area contributed by atoms with Crippen LogP contribution in [0.2, 0.25) is 0 Å². The second-order valence-electron chi connectivity index (χ2n) is 6.75. The Bertz CT molecular complexity index is 929. The zero-order valence-corrected chi connectivity index (χ0v) is 17.3. The lowest BCUT2D eigenvalue weighted by Crippen LogP contribution is -2.29. The van der Waals surface area contributed by atoms with Crippen LogP contribution in [0.3, 0.4) is 0 Å². The summed E-state index contributed by atoms with van der Waals surface area (Å²) in [7, 11) is 10.9. The molecule has 2 heterocycles. The van der Waals surface area contributed by atoms with Crippen LogP contribution in [0.25, 0.3) is 16.9 Å². The van der Waals surface area contributed by atoms with Crippen LogP contribution in [0.15, 0.2) is 30.7 Å². The molecule has 3 rings (SSSR count). The molecule has 0 saturated carbocycles. The van der Waals surface area contributed by atoms with Crippen molar-refractivity contribution in [3.8, 4) is 28.5 Å². The van der Waals surface area contributed by atoms with Crippen LogP contribution in [-0.2, 0) is 0 Å². The van der Waals surface area contributed by atoms with Gasteiger partial charge in [-0.3, -0.25) is 0 Å². The monoisotopic (exact) mass is 385 g/mol. The number of nitrogens with zero attached hydrogens (tertiary/aromatic N) is 5. The minimum atomic E-state index is 0.556. The standard InChI is InChI=1S/C20H27N5O3/c1-23(2)9-10-24(3)20-19-21-7-8-25(19)13-15(22-20)14-11-16(26-4)18(28-6)17(12-14)27-5/h7-8,11-13H,9-10H2,1-6H3. The normalized spacial score (nSPS) is 11.1. The summed E-state index contributed by atoms with van der Waals surface area (Å²) < 4.78 is 18.4. The minimum absolute atomic E-state index is 0.556. The van der Waals surface area contributed by atoms with Crippen molar-refractivity contribution in [2.24, 2.45) is 0 Å². The Labute approximate surface area is 165 Å². The van der Waals surface area contributed by atoms with Gasteiger partial charge in [0.05, 0.1) is 27.0 Å². The summed E-state index contributed by atoms with van der Waals surface area (Å²) in [5.41, 5.74) is 2.47. The Morgan fingerprint density at radius 3 is 2.21 bits per heavy atom. The molecule has 1 aromatic carbocycles. The van der Waals surface area contributed by atoms with Crippen LogP contribution in [0.5, 0.6) is 17.2 Å². The Morgan fingerprint density at radius 1 is 0.964 bits per heavy atom. The van der Waals surface area contributed by atoms with Crippen molar-refractivity contribution in [3.05, 3.63) is 30.7 Å². The first kappa shape index (κ1) is 19.8. The molecule has 0 radical (unpaired) electrons. The molecule has 0 aliphatic heterocycles. The number of anilines is 1. The smallest absolute Gasteiger partial charge is 0.203 e. The lowest BCUT2D eigenvalue weighted by molar-refractivity contribution is 0.324. The number of hydrogen-bond donors (Lipinski definition) is 0. The van der Waals surface area contributed by atoms with Crippen molar-refractivity contribution in [3.63, 3.8) is 0 Å². The third-order valence-corrected chi connectivity index (χ3v) is 4.56. The van der Waals surface area contributed by atoms with Gasteiger partial charge in [0.2, 0.25) is 5.75 Å². The Hall–Kier alpha value is -3.00. The zero-order valence-electron chi connectivity index (χ0n) is 17.3. The van der Waals surface area contributed by atoms with Gasteiger partial charge >= 0.3 is 0 Å². The van der Waals surface area contributed by atoms with Crippen molar-refractivity contribution < 1.29 is 14.2 Å². The number of hydrogen-bond acceptors (Lipinski definition) is 7. The highest BCUT2D eigenvalue weighted by Gasteiger charge is 2.18. The largest absolute Gasteiger partial charge is 0.493 e. The first-order valence-electron chi connectivity index (χ1n) is 8.98. The van der Waals surface area contributed by atoms with Gasteiger partial charge in [0.25, 0.3) is 0 Å². The van der Waals surface area contributed by atoms with Crippen LogP contribution in [-0.4, -0.2) is 74.8 Å². The van der Waals surface area contributed by atoms with Gasteiger partial charge in [0.15, 0.2) is 23.0 Å². The van der Waals surface area contributed by atoms with E-state index in [2.05, 4.69) is 28.9 Å². The van der Waals surface area contributed by atoms with Gasteiger partial charge in [0, 0.05) is 44.3 Å². The lowest BCUT2D eigenvalue weighted by Gasteiger charge is -2.22. The van der Waals surface area contributed by atoms with E-state index in [1.54, 1.807) is 27.5 Å². The molecule has 150 valence electrons. The number of methoxy groups -OCH3 is 3. The fourth-order valence-corrected chi connectivity index (χ4v) is 3.00. The van der Waals surface area contributed by atoms with Crippen molar-refractivity contribution >= 4 is 11.5 Å².